The molecule has 1 saturated heterocycles. The highest BCUT2D eigenvalue weighted by molar-refractivity contribution is 7.99. The van der Waals surface area contributed by atoms with Crippen LogP contribution in [0.5, 0.6) is 5.75 Å². The number of methoxy groups -OCH3 is 1. The molecule has 1 heterocycles. The summed E-state index contributed by atoms with van der Waals surface area (Å²) in [6.07, 6.45) is 0.686. The summed E-state index contributed by atoms with van der Waals surface area (Å²) >= 11 is 1.47. The summed E-state index contributed by atoms with van der Waals surface area (Å²) in [6.45, 7) is 1.88. The van der Waals surface area contributed by atoms with Crippen LogP contribution >= 0.6 is 11.8 Å². The first-order chi connectivity index (χ1) is 8.60. The average Bonchev–Trinajstić information content (AvgIpc) is 2.65. The molecule has 3 nitrogen and oxygen atoms in total. The van der Waals surface area contributed by atoms with Crippen LogP contribution in [0.1, 0.15) is 18.9 Å². The summed E-state index contributed by atoms with van der Waals surface area (Å²) in [6, 6.07) is 4.40. The topological polar surface area (TPSA) is 35.5 Å². The van der Waals surface area contributed by atoms with Crippen LogP contribution in [0.3, 0.4) is 0 Å². The Balaban J connectivity index is 2.01. The molecule has 0 N–H and O–H groups in total. The Morgan fingerprint density at radius 2 is 2.33 bits per heavy atom. The maximum atomic E-state index is 13.2. The Morgan fingerprint density at radius 1 is 1.56 bits per heavy atom. The molecule has 0 aromatic heterocycles. The first-order valence-corrected chi connectivity index (χ1v) is 6.79. The van der Waals surface area contributed by atoms with Crippen LogP contribution in [0.4, 0.5) is 4.39 Å². The van der Waals surface area contributed by atoms with Crippen LogP contribution in [0, 0.1) is 5.82 Å². The van der Waals surface area contributed by atoms with E-state index in [1.807, 2.05) is 6.92 Å². The monoisotopic (exact) mass is 270 g/mol. The fourth-order valence-corrected chi connectivity index (χ4v) is 3.11. The van der Waals surface area contributed by atoms with Crippen LogP contribution in [0.15, 0.2) is 18.2 Å². The van der Waals surface area contributed by atoms with Crippen molar-refractivity contribution < 1.29 is 18.7 Å². The maximum absolute atomic E-state index is 13.2. The zero-order chi connectivity index (χ0) is 13.1. The lowest BCUT2D eigenvalue weighted by Gasteiger charge is -2.10. The van der Waals surface area contributed by atoms with Gasteiger partial charge in [0.05, 0.1) is 7.11 Å². The van der Waals surface area contributed by atoms with Crippen molar-refractivity contribution in [1.29, 1.82) is 0 Å². The van der Waals surface area contributed by atoms with Crippen molar-refractivity contribution in [1.82, 2.24) is 0 Å². The van der Waals surface area contributed by atoms with Gasteiger partial charge >= 0.3 is 5.97 Å². The molecule has 0 radical (unpaired) electrons. The number of ether oxygens (including phenoxy) is 2. The number of halogens is 1. The van der Waals surface area contributed by atoms with Gasteiger partial charge in [0.1, 0.15) is 22.9 Å². The van der Waals surface area contributed by atoms with E-state index in [0.717, 1.165) is 5.56 Å². The highest BCUT2D eigenvalue weighted by atomic mass is 32.2. The predicted molar refractivity (Wildman–Crippen MR) is 68.2 cm³/mol. The fraction of sp³-hybridized carbons (Fsp3) is 0.462. The number of hydrogen-bond acceptors (Lipinski definition) is 4. The Hall–Kier alpha value is -1.23. The zero-order valence-electron chi connectivity index (χ0n) is 10.3. The molecule has 0 amide bonds. The van der Waals surface area contributed by atoms with Gasteiger partial charge in [0.15, 0.2) is 0 Å². The van der Waals surface area contributed by atoms with Gasteiger partial charge in [-0.25, -0.2) is 4.39 Å². The molecule has 0 bridgehead atoms. The van der Waals surface area contributed by atoms with Crippen molar-refractivity contribution in [2.24, 2.45) is 0 Å². The van der Waals surface area contributed by atoms with E-state index < -0.39 is 0 Å². The third-order valence-electron chi connectivity index (χ3n) is 2.81. The molecule has 0 spiro atoms. The van der Waals surface area contributed by atoms with E-state index in [0.29, 0.717) is 17.9 Å². The predicted octanol–water partition coefficient (Wildman–Crippen LogP) is 2.77. The van der Waals surface area contributed by atoms with Crippen LogP contribution in [-0.2, 0) is 15.3 Å². The van der Waals surface area contributed by atoms with E-state index in [1.165, 1.54) is 23.9 Å². The van der Waals surface area contributed by atoms with Crippen molar-refractivity contribution in [2.45, 2.75) is 30.5 Å². The van der Waals surface area contributed by atoms with E-state index in [2.05, 4.69) is 0 Å². The second-order valence-electron chi connectivity index (χ2n) is 4.24. The van der Waals surface area contributed by atoms with Crippen molar-refractivity contribution in [2.75, 3.05) is 7.11 Å². The number of esters is 1. The first kappa shape index (κ1) is 13.2. The molecule has 1 aliphatic rings. The van der Waals surface area contributed by atoms with Crippen molar-refractivity contribution >= 4 is 17.7 Å². The van der Waals surface area contributed by atoms with Gasteiger partial charge in [-0.15, -0.1) is 11.8 Å². The molecule has 1 aromatic rings. The molecular weight excluding hydrogens is 255 g/mol. The van der Waals surface area contributed by atoms with Gasteiger partial charge in [-0.2, -0.15) is 0 Å². The standard InChI is InChI=1S/C13H15FO3S/c1-8-5-12(13(15)17-8)18-7-9-6-10(14)3-4-11(9)16-2/h3-4,6,8,12H,5,7H2,1-2H3/t8-,12-/m1/s1. The Kier molecular flexibility index (Phi) is 4.11. The minimum Gasteiger partial charge on any atom is -0.496 e. The van der Waals surface area contributed by atoms with E-state index in [1.54, 1.807) is 13.2 Å². The summed E-state index contributed by atoms with van der Waals surface area (Å²) in [4.78, 5) is 11.5. The molecule has 98 valence electrons. The molecule has 18 heavy (non-hydrogen) atoms. The molecule has 0 saturated carbocycles. The largest absolute Gasteiger partial charge is 0.496 e. The van der Waals surface area contributed by atoms with Crippen LogP contribution < -0.4 is 4.74 Å². The lowest BCUT2D eigenvalue weighted by Crippen LogP contribution is -2.09. The van der Waals surface area contributed by atoms with Crippen molar-refractivity contribution in [3.63, 3.8) is 0 Å². The van der Waals surface area contributed by atoms with Gasteiger partial charge in [-0.05, 0) is 25.1 Å². The lowest BCUT2D eigenvalue weighted by atomic mass is 10.2. The zero-order valence-corrected chi connectivity index (χ0v) is 11.1. The van der Waals surface area contributed by atoms with Crippen molar-refractivity contribution in [3.05, 3.63) is 29.6 Å². The maximum Gasteiger partial charge on any atom is 0.319 e. The fourth-order valence-electron chi connectivity index (χ4n) is 1.91. The number of carbonyl (C=O) groups excluding carboxylic acids is 1. The molecular formula is C13H15FO3S. The van der Waals surface area contributed by atoms with Gasteiger partial charge in [-0.1, -0.05) is 0 Å². The third-order valence-corrected chi connectivity index (χ3v) is 4.07. The lowest BCUT2D eigenvalue weighted by molar-refractivity contribution is -0.140. The van der Waals surface area contributed by atoms with Gasteiger partial charge in [0, 0.05) is 17.7 Å². The van der Waals surface area contributed by atoms with Gasteiger partial charge in [0.25, 0.3) is 0 Å². The second kappa shape index (κ2) is 5.61. The Labute approximate surface area is 110 Å². The third kappa shape index (κ3) is 2.96. The smallest absolute Gasteiger partial charge is 0.319 e. The summed E-state index contributed by atoms with van der Waals surface area (Å²) in [7, 11) is 1.55. The molecule has 0 unspecified atom stereocenters. The van der Waals surface area contributed by atoms with Crippen molar-refractivity contribution in [3.8, 4) is 5.75 Å². The summed E-state index contributed by atoms with van der Waals surface area (Å²) in [5, 5.41) is -0.159. The van der Waals surface area contributed by atoms with E-state index in [9.17, 15) is 9.18 Å². The number of carbonyl (C=O) groups is 1. The molecule has 1 fully saturated rings. The number of rotatable bonds is 4. The summed E-state index contributed by atoms with van der Waals surface area (Å²) in [5.41, 5.74) is 0.759. The quantitative estimate of drug-likeness (QED) is 0.788. The molecule has 5 heteroatoms. The van der Waals surface area contributed by atoms with Crippen LogP contribution in [0.25, 0.3) is 0 Å². The number of cyclic esters (lactones) is 1. The summed E-state index contributed by atoms with van der Waals surface area (Å²) < 4.78 is 23.4. The minimum absolute atomic E-state index is 0.0237. The van der Waals surface area contributed by atoms with Gasteiger partial charge in [-0.3, -0.25) is 4.79 Å². The second-order valence-corrected chi connectivity index (χ2v) is 5.43. The normalized spacial score (nSPS) is 22.9. The van der Waals surface area contributed by atoms with E-state index in [4.69, 9.17) is 9.47 Å². The molecule has 2 rings (SSSR count). The highest BCUT2D eigenvalue weighted by Crippen LogP contribution is 2.31. The molecule has 1 aliphatic heterocycles. The van der Waals surface area contributed by atoms with E-state index in [-0.39, 0.29) is 23.1 Å². The number of benzene rings is 1. The van der Waals surface area contributed by atoms with E-state index >= 15 is 0 Å². The Bertz CT molecular complexity index is 450. The SMILES string of the molecule is COc1ccc(F)cc1CS[C@@H]1C[C@@H](C)OC1=O. The molecule has 2 atom stereocenters. The van der Waals surface area contributed by atoms with Crippen LogP contribution in [0.2, 0.25) is 0 Å². The van der Waals surface area contributed by atoms with Gasteiger partial charge < -0.3 is 9.47 Å². The minimum atomic E-state index is -0.297. The van der Waals surface area contributed by atoms with Crippen LogP contribution in [-0.4, -0.2) is 24.4 Å². The molecule has 0 aliphatic carbocycles. The Morgan fingerprint density at radius 3 is 2.94 bits per heavy atom. The number of hydrogen-bond donors (Lipinski definition) is 0. The highest BCUT2D eigenvalue weighted by Gasteiger charge is 2.32. The summed E-state index contributed by atoms with van der Waals surface area (Å²) in [5.74, 6) is 0.702. The first-order valence-electron chi connectivity index (χ1n) is 5.74. The molecule has 1 aromatic carbocycles. The van der Waals surface area contributed by atoms with Gasteiger partial charge in [0.2, 0.25) is 0 Å². The number of thioether (sulfide) groups is 1. The average molecular weight is 270 g/mol.